The molecule has 0 bridgehead atoms. The van der Waals surface area contributed by atoms with Gasteiger partial charge in [0.2, 0.25) is 0 Å². The molecule has 84 valence electrons. The summed E-state index contributed by atoms with van der Waals surface area (Å²) >= 11 is 0. The first kappa shape index (κ1) is 10.6. The molecule has 1 aromatic rings. The number of aromatic nitrogens is 2. The molecule has 2 heterocycles. The van der Waals surface area contributed by atoms with E-state index in [1.54, 1.807) is 0 Å². The van der Waals surface area contributed by atoms with E-state index in [0.29, 0.717) is 5.92 Å². The Labute approximate surface area is 90.2 Å². The van der Waals surface area contributed by atoms with Crippen LogP contribution in [-0.2, 0) is 11.2 Å². The maximum Gasteiger partial charge on any atom is 0.109 e. The number of ether oxygens (including phenoxy) is 1. The molecule has 1 saturated heterocycles. The summed E-state index contributed by atoms with van der Waals surface area (Å²) in [7, 11) is 0. The van der Waals surface area contributed by atoms with E-state index in [4.69, 9.17) is 10.5 Å². The standard InChI is InChI=1S/C11H19N3O/c12-5-1-2-10-8-13-11(14-10)9-3-6-15-7-4-9/h8-9H,1-7,12H2,(H,13,14). The van der Waals surface area contributed by atoms with Gasteiger partial charge in [-0.1, -0.05) is 0 Å². The number of imidazole rings is 1. The van der Waals surface area contributed by atoms with Gasteiger partial charge < -0.3 is 15.5 Å². The zero-order valence-electron chi connectivity index (χ0n) is 9.04. The van der Waals surface area contributed by atoms with Crippen molar-refractivity contribution in [2.45, 2.75) is 31.6 Å². The quantitative estimate of drug-likeness (QED) is 0.783. The normalized spacial score (nSPS) is 18.2. The van der Waals surface area contributed by atoms with Crippen molar-refractivity contribution in [1.29, 1.82) is 0 Å². The predicted octanol–water partition coefficient (Wildman–Crippen LogP) is 1.19. The minimum absolute atomic E-state index is 0.561. The van der Waals surface area contributed by atoms with E-state index in [1.165, 1.54) is 5.69 Å². The average molecular weight is 209 g/mol. The van der Waals surface area contributed by atoms with Crippen LogP contribution in [0.4, 0.5) is 0 Å². The monoisotopic (exact) mass is 209 g/mol. The summed E-state index contributed by atoms with van der Waals surface area (Å²) in [6.07, 6.45) is 6.15. The number of nitrogens with zero attached hydrogens (tertiary/aromatic N) is 1. The summed E-state index contributed by atoms with van der Waals surface area (Å²) in [5.74, 6) is 1.69. The number of H-pyrrole nitrogens is 1. The van der Waals surface area contributed by atoms with E-state index < -0.39 is 0 Å². The highest BCUT2D eigenvalue weighted by atomic mass is 16.5. The minimum Gasteiger partial charge on any atom is -0.381 e. The summed E-state index contributed by atoms with van der Waals surface area (Å²) in [6.45, 7) is 2.47. The Kier molecular flexibility index (Phi) is 3.75. The summed E-state index contributed by atoms with van der Waals surface area (Å²) in [5.41, 5.74) is 6.69. The van der Waals surface area contributed by atoms with Crippen LogP contribution in [0.2, 0.25) is 0 Å². The van der Waals surface area contributed by atoms with Gasteiger partial charge in [-0.25, -0.2) is 4.98 Å². The topological polar surface area (TPSA) is 63.9 Å². The Balaban J connectivity index is 1.93. The lowest BCUT2D eigenvalue weighted by molar-refractivity contribution is 0.0837. The summed E-state index contributed by atoms with van der Waals surface area (Å²) in [5, 5.41) is 0. The fraction of sp³-hybridized carbons (Fsp3) is 0.727. The third-order valence-electron chi connectivity index (χ3n) is 2.91. The lowest BCUT2D eigenvalue weighted by atomic mass is 10.00. The van der Waals surface area contributed by atoms with Gasteiger partial charge in [0.15, 0.2) is 0 Å². The third kappa shape index (κ3) is 2.79. The molecule has 0 saturated carbocycles. The molecule has 0 atom stereocenters. The van der Waals surface area contributed by atoms with Gasteiger partial charge >= 0.3 is 0 Å². The minimum atomic E-state index is 0.561. The van der Waals surface area contributed by atoms with Gasteiger partial charge in [-0.15, -0.1) is 0 Å². The van der Waals surface area contributed by atoms with Gasteiger partial charge in [0.05, 0.1) is 0 Å². The van der Waals surface area contributed by atoms with Crippen molar-refractivity contribution < 1.29 is 4.74 Å². The molecule has 4 nitrogen and oxygen atoms in total. The van der Waals surface area contributed by atoms with Crippen LogP contribution in [-0.4, -0.2) is 29.7 Å². The molecule has 1 aliphatic rings. The number of aryl methyl sites for hydroxylation is 1. The fourth-order valence-electron chi connectivity index (χ4n) is 1.97. The van der Waals surface area contributed by atoms with E-state index in [0.717, 1.165) is 51.3 Å². The van der Waals surface area contributed by atoms with Crippen LogP contribution >= 0.6 is 0 Å². The Morgan fingerprint density at radius 2 is 2.27 bits per heavy atom. The largest absolute Gasteiger partial charge is 0.381 e. The van der Waals surface area contributed by atoms with E-state index in [9.17, 15) is 0 Å². The first-order valence-corrected chi connectivity index (χ1v) is 5.71. The van der Waals surface area contributed by atoms with Gasteiger partial charge in [0, 0.05) is 31.0 Å². The number of hydrogen-bond acceptors (Lipinski definition) is 3. The van der Waals surface area contributed by atoms with Crippen LogP contribution in [0.3, 0.4) is 0 Å². The van der Waals surface area contributed by atoms with Crippen molar-refractivity contribution in [3.63, 3.8) is 0 Å². The van der Waals surface area contributed by atoms with Crippen LogP contribution in [0.5, 0.6) is 0 Å². The van der Waals surface area contributed by atoms with Gasteiger partial charge in [0.1, 0.15) is 5.82 Å². The van der Waals surface area contributed by atoms with Crippen LogP contribution in [0.25, 0.3) is 0 Å². The van der Waals surface area contributed by atoms with Crippen molar-refractivity contribution in [3.05, 3.63) is 17.7 Å². The average Bonchev–Trinajstić information content (AvgIpc) is 2.76. The van der Waals surface area contributed by atoms with Crippen LogP contribution in [0, 0.1) is 0 Å². The number of aromatic amines is 1. The Morgan fingerprint density at radius 3 is 3.00 bits per heavy atom. The van der Waals surface area contributed by atoms with Crippen LogP contribution in [0.1, 0.15) is 36.7 Å². The maximum absolute atomic E-state index is 5.48. The molecule has 0 unspecified atom stereocenters. The zero-order valence-corrected chi connectivity index (χ0v) is 9.04. The second-order valence-corrected chi connectivity index (χ2v) is 4.07. The Hall–Kier alpha value is -0.870. The first-order valence-electron chi connectivity index (χ1n) is 5.71. The van der Waals surface area contributed by atoms with E-state index in [1.807, 2.05) is 6.20 Å². The Morgan fingerprint density at radius 1 is 1.47 bits per heavy atom. The van der Waals surface area contributed by atoms with Gasteiger partial charge in [-0.3, -0.25) is 0 Å². The highest BCUT2D eigenvalue weighted by Gasteiger charge is 2.18. The number of nitrogens with two attached hydrogens (primary N) is 1. The molecule has 1 fully saturated rings. The number of nitrogens with one attached hydrogen (secondary N) is 1. The van der Waals surface area contributed by atoms with Crippen molar-refractivity contribution in [2.75, 3.05) is 19.8 Å². The predicted molar refractivity (Wildman–Crippen MR) is 58.8 cm³/mol. The summed E-state index contributed by atoms with van der Waals surface area (Å²) in [4.78, 5) is 7.84. The molecule has 1 aliphatic heterocycles. The lowest BCUT2D eigenvalue weighted by Gasteiger charge is -2.19. The molecule has 0 radical (unpaired) electrons. The van der Waals surface area contributed by atoms with Crippen LogP contribution < -0.4 is 5.73 Å². The fourth-order valence-corrected chi connectivity index (χ4v) is 1.97. The first-order chi connectivity index (χ1) is 7.40. The van der Waals surface area contributed by atoms with Crippen LogP contribution in [0.15, 0.2) is 6.20 Å². The summed E-state index contributed by atoms with van der Waals surface area (Å²) in [6, 6.07) is 0. The highest BCUT2D eigenvalue weighted by Crippen LogP contribution is 2.24. The SMILES string of the molecule is NCCCc1cnc(C2CCOCC2)[nH]1. The lowest BCUT2D eigenvalue weighted by Crippen LogP contribution is -2.15. The van der Waals surface area contributed by atoms with Gasteiger partial charge in [-0.2, -0.15) is 0 Å². The van der Waals surface area contributed by atoms with E-state index in [2.05, 4.69) is 9.97 Å². The molecule has 3 N–H and O–H groups in total. The smallest absolute Gasteiger partial charge is 0.109 e. The second kappa shape index (κ2) is 5.28. The highest BCUT2D eigenvalue weighted by molar-refractivity contribution is 5.06. The van der Waals surface area contributed by atoms with Crippen molar-refractivity contribution in [3.8, 4) is 0 Å². The van der Waals surface area contributed by atoms with Gasteiger partial charge in [-0.05, 0) is 32.2 Å². The molecular weight excluding hydrogens is 190 g/mol. The second-order valence-electron chi connectivity index (χ2n) is 4.07. The van der Waals surface area contributed by atoms with Crippen molar-refractivity contribution >= 4 is 0 Å². The molecule has 1 aromatic heterocycles. The molecule has 15 heavy (non-hydrogen) atoms. The molecule has 0 aromatic carbocycles. The van der Waals surface area contributed by atoms with Gasteiger partial charge in [0.25, 0.3) is 0 Å². The molecule has 4 heteroatoms. The maximum atomic E-state index is 5.48. The molecule has 0 aliphatic carbocycles. The molecule has 0 spiro atoms. The van der Waals surface area contributed by atoms with Crippen molar-refractivity contribution in [1.82, 2.24) is 9.97 Å². The van der Waals surface area contributed by atoms with Crippen molar-refractivity contribution in [2.24, 2.45) is 5.73 Å². The third-order valence-corrected chi connectivity index (χ3v) is 2.91. The van der Waals surface area contributed by atoms with E-state index in [-0.39, 0.29) is 0 Å². The Bertz CT molecular complexity index is 292. The zero-order chi connectivity index (χ0) is 10.5. The molecule has 2 rings (SSSR count). The molecular formula is C11H19N3O. The van der Waals surface area contributed by atoms with E-state index >= 15 is 0 Å². The number of hydrogen-bond donors (Lipinski definition) is 2. The molecule has 0 amide bonds. The number of rotatable bonds is 4. The summed E-state index contributed by atoms with van der Waals surface area (Å²) < 4.78 is 5.33.